The maximum atomic E-state index is 12.3. The quantitative estimate of drug-likeness (QED) is 0.848. The number of nitrogens with zero attached hydrogens (tertiary/aromatic N) is 2. The average molecular weight is 293 g/mol. The standard InChI is InChI=1S/C17H15N3O2/c1-4-9-20-14(21)10-18-15(13-8-6-5-7-11(13)2)16-17(20)12(3)22-19-16/h1,5-8,10,19H,9H2,2-3H3. The van der Waals surface area contributed by atoms with Crippen LogP contribution in [0.2, 0.25) is 0 Å². The SMILES string of the molecule is C#CCN1C(=O)C=NC(c2ccccc2C)=C2NOC(C)=C21. The van der Waals surface area contributed by atoms with E-state index in [-0.39, 0.29) is 12.5 Å². The van der Waals surface area contributed by atoms with Gasteiger partial charge in [-0.2, -0.15) is 0 Å². The molecular formula is C17H15N3O2. The highest BCUT2D eigenvalue weighted by Gasteiger charge is 2.32. The van der Waals surface area contributed by atoms with E-state index in [2.05, 4.69) is 16.4 Å². The van der Waals surface area contributed by atoms with Crippen molar-refractivity contribution >= 4 is 17.8 Å². The van der Waals surface area contributed by atoms with Crippen molar-refractivity contribution in [2.75, 3.05) is 6.54 Å². The van der Waals surface area contributed by atoms with Crippen LogP contribution in [0.15, 0.2) is 46.4 Å². The molecule has 2 aliphatic rings. The zero-order chi connectivity index (χ0) is 15.7. The summed E-state index contributed by atoms with van der Waals surface area (Å²) in [6.45, 7) is 3.94. The minimum Gasteiger partial charge on any atom is -0.384 e. The lowest BCUT2D eigenvalue weighted by molar-refractivity contribution is -0.121. The third kappa shape index (κ3) is 2.15. The van der Waals surface area contributed by atoms with Crippen molar-refractivity contribution < 1.29 is 9.63 Å². The highest BCUT2D eigenvalue weighted by molar-refractivity contribution is 6.28. The lowest BCUT2D eigenvalue weighted by atomic mass is 10.0. The van der Waals surface area contributed by atoms with Crippen molar-refractivity contribution in [3.8, 4) is 12.3 Å². The zero-order valence-corrected chi connectivity index (χ0v) is 12.4. The molecule has 1 aromatic rings. The third-order valence-electron chi connectivity index (χ3n) is 3.60. The third-order valence-corrected chi connectivity index (χ3v) is 3.60. The van der Waals surface area contributed by atoms with Crippen LogP contribution >= 0.6 is 0 Å². The summed E-state index contributed by atoms with van der Waals surface area (Å²) >= 11 is 0. The Morgan fingerprint density at radius 3 is 2.86 bits per heavy atom. The van der Waals surface area contributed by atoms with E-state index in [1.54, 1.807) is 6.92 Å². The van der Waals surface area contributed by atoms with Gasteiger partial charge in [0.05, 0.1) is 18.5 Å². The molecule has 2 heterocycles. The molecule has 0 saturated carbocycles. The monoisotopic (exact) mass is 293 g/mol. The van der Waals surface area contributed by atoms with Gasteiger partial charge in [0, 0.05) is 5.56 Å². The summed E-state index contributed by atoms with van der Waals surface area (Å²) in [7, 11) is 0. The molecule has 1 amide bonds. The molecule has 5 heteroatoms. The molecule has 0 spiro atoms. The summed E-state index contributed by atoms with van der Waals surface area (Å²) in [5.74, 6) is 2.83. The number of nitrogens with one attached hydrogen (secondary N) is 1. The fraction of sp³-hybridized carbons (Fsp3) is 0.176. The van der Waals surface area contributed by atoms with Gasteiger partial charge >= 0.3 is 0 Å². The van der Waals surface area contributed by atoms with E-state index >= 15 is 0 Å². The summed E-state index contributed by atoms with van der Waals surface area (Å²) < 4.78 is 0. The van der Waals surface area contributed by atoms with Crippen LogP contribution in [0.25, 0.3) is 5.70 Å². The second-order valence-electron chi connectivity index (χ2n) is 5.03. The fourth-order valence-corrected chi connectivity index (χ4v) is 2.54. The fourth-order valence-electron chi connectivity index (χ4n) is 2.54. The Kier molecular flexibility index (Phi) is 3.43. The Bertz CT molecular complexity index is 781. The minimum absolute atomic E-state index is 0.160. The molecule has 0 saturated heterocycles. The van der Waals surface area contributed by atoms with Crippen LogP contribution in [-0.4, -0.2) is 23.6 Å². The number of benzene rings is 1. The maximum absolute atomic E-state index is 12.3. The van der Waals surface area contributed by atoms with Crippen LogP contribution in [0.4, 0.5) is 0 Å². The number of carbonyl (C=O) groups excluding carboxylic acids is 1. The summed E-state index contributed by atoms with van der Waals surface area (Å²) in [4.78, 5) is 23.5. The lowest BCUT2D eigenvalue weighted by Gasteiger charge is -2.18. The van der Waals surface area contributed by atoms with E-state index in [0.29, 0.717) is 22.9 Å². The largest absolute Gasteiger partial charge is 0.384 e. The van der Waals surface area contributed by atoms with Gasteiger partial charge < -0.3 is 4.84 Å². The molecule has 2 aliphatic heterocycles. The smallest absolute Gasteiger partial charge is 0.270 e. The second kappa shape index (κ2) is 5.41. The van der Waals surface area contributed by atoms with Crippen LogP contribution in [-0.2, 0) is 9.63 Å². The van der Waals surface area contributed by atoms with Gasteiger partial charge in [0.25, 0.3) is 5.91 Å². The summed E-state index contributed by atoms with van der Waals surface area (Å²) in [6, 6.07) is 7.85. The molecule has 110 valence electrons. The highest BCUT2D eigenvalue weighted by Crippen LogP contribution is 2.34. The van der Waals surface area contributed by atoms with Crippen LogP contribution in [0.5, 0.6) is 0 Å². The summed E-state index contributed by atoms with van der Waals surface area (Å²) in [5, 5.41) is 0. The van der Waals surface area contributed by atoms with Gasteiger partial charge in [-0.1, -0.05) is 30.2 Å². The molecule has 1 aromatic carbocycles. The number of aliphatic imine (C=N–C) groups is 1. The van der Waals surface area contributed by atoms with Crippen LogP contribution in [0, 0.1) is 19.3 Å². The zero-order valence-electron chi connectivity index (χ0n) is 12.4. The number of hydrogen-bond donors (Lipinski definition) is 1. The molecule has 0 fully saturated rings. The Morgan fingerprint density at radius 1 is 1.36 bits per heavy atom. The molecule has 0 unspecified atom stereocenters. The van der Waals surface area contributed by atoms with Gasteiger partial charge in [0.15, 0.2) is 5.76 Å². The Balaban J connectivity index is 2.23. The second-order valence-corrected chi connectivity index (χ2v) is 5.03. The molecule has 1 N–H and O–H groups in total. The van der Waals surface area contributed by atoms with Gasteiger partial charge in [-0.15, -0.1) is 6.42 Å². The molecule has 0 aliphatic carbocycles. The van der Waals surface area contributed by atoms with E-state index in [0.717, 1.165) is 11.1 Å². The van der Waals surface area contributed by atoms with E-state index in [1.165, 1.54) is 11.1 Å². The van der Waals surface area contributed by atoms with Crippen molar-refractivity contribution in [2.24, 2.45) is 4.99 Å². The average Bonchev–Trinajstić information content (AvgIpc) is 2.81. The van der Waals surface area contributed by atoms with Gasteiger partial charge in [-0.3, -0.25) is 9.69 Å². The van der Waals surface area contributed by atoms with Crippen molar-refractivity contribution in [1.29, 1.82) is 0 Å². The Morgan fingerprint density at radius 2 is 2.14 bits per heavy atom. The van der Waals surface area contributed by atoms with E-state index in [1.807, 2.05) is 31.2 Å². The number of carbonyl (C=O) groups is 1. The van der Waals surface area contributed by atoms with E-state index in [9.17, 15) is 4.79 Å². The number of hydrogen-bond acceptors (Lipinski definition) is 4. The van der Waals surface area contributed by atoms with E-state index in [4.69, 9.17) is 11.3 Å². The van der Waals surface area contributed by atoms with Gasteiger partial charge in [-0.05, 0) is 19.4 Å². The predicted octanol–water partition coefficient (Wildman–Crippen LogP) is 1.98. The van der Waals surface area contributed by atoms with E-state index < -0.39 is 0 Å². The van der Waals surface area contributed by atoms with Gasteiger partial charge in [0.1, 0.15) is 11.4 Å². The molecule has 0 aromatic heterocycles. The summed E-state index contributed by atoms with van der Waals surface area (Å²) in [5.41, 5.74) is 6.82. The van der Waals surface area contributed by atoms with Crippen LogP contribution in [0.1, 0.15) is 18.1 Å². The number of fused-ring (bicyclic) bond motifs is 1. The predicted molar refractivity (Wildman–Crippen MR) is 84.1 cm³/mol. The first-order valence-electron chi connectivity index (χ1n) is 6.87. The highest BCUT2D eigenvalue weighted by atomic mass is 16.7. The molecule has 0 bridgehead atoms. The minimum atomic E-state index is -0.263. The number of allylic oxidation sites excluding steroid dienone is 1. The Hall–Kier alpha value is -3.00. The number of rotatable bonds is 2. The normalized spacial score (nSPS) is 17.0. The molecule has 22 heavy (non-hydrogen) atoms. The lowest BCUT2D eigenvalue weighted by Crippen LogP contribution is -2.32. The first-order chi connectivity index (χ1) is 10.6. The first kappa shape index (κ1) is 14.0. The van der Waals surface area contributed by atoms with Gasteiger partial charge in [0.2, 0.25) is 0 Å². The number of hydroxylamine groups is 1. The van der Waals surface area contributed by atoms with Crippen molar-refractivity contribution in [1.82, 2.24) is 10.4 Å². The van der Waals surface area contributed by atoms with Crippen LogP contribution < -0.4 is 5.48 Å². The first-order valence-corrected chi connectivity index (χ1v) is 6.87. The Labute approximate surface area is 128 Å². The van der Waals surface area contributed by atoms with Gasteiger partial charge in [-0.25, -0.2) is 10.5 Å². The number of terminal acetylenes is 1. The number of amides is 1. The molecule has 3 rings (SSSR count). The molecule has 0 radical (unpaired) electrons. The molecule has 5 nitrogen and oxygen atoms in total. The van der Waals surface area contributed by atoms with Crippen LogP contribution in [0.3, 0.4) is 0 Å². The van der Waals surface area contributed by atoms with Crippen molar-refractivity contribution in [2.45, 2.75) is 13.8 Å². The molecular weight excluding hydrogens is 278 g/mol. The topological polar surface area (TPSA) is 53.9 Å². The summed E-state index contributed by atoms with van der Waals surface area (Å²) in [6.07, 6.45) is 6.68. The van der Waals surface area contributed by atoms with Crippen molar-refractivity contribution in [3.05, 3.63) is 52.5 Å². The van der Waals surface area contributed by atoms with Crippen molar-refractivity contribution in [3.63, 3.8) is 0 Å². The number of aryl methyl sites for hydroxylation is 1. The maximum Gasteiger partial charge on any atom is 0.270 e. The molecule has 0 atom stereocenters.